The van der Waals surface area contributed by atoms with E-state index in [1.165, 1.54) is 32.1 Å². The summed E-state index contributed by atoms with van der Waals surface area (Å²) in [6, 6.07) is 2.52. The van der Waals surface area contributed by atoms with Gasteiger partial charge in [-0.1, -0.05) is 26.2 Å². The molecule has 0 saturated heterocycles. The first kappa shape index (κ1) is 11.8. The third-order valence-corrected chi connectivity index (χ3v) is 3.56. The number of nitriles is 1. The van der Waals surface area contributed by atoms with Crippen molar-refractivity contribution >= 4 is 5.82 Å². The average Bonchev–Trinajstić information content (AvgIpc) is 2.40. The molecule has 2 atom stereocenters. The van der Waals surface area contributed by atoms with E-state index >= 15 is 0 Å². The summed E-state index contributed by atoms with van der Waals surface area (Å²) in [5, 5.41) is 12.4. The molecule has 1 aliphatic carbocycles. The minimum atomic E-state index is 0.396. The fourth-order valence-electron chi connectivity index (χ4n) is 2.59. The van der Waals surface area contributed by atoms with E-state index in [1.807, 2.05) is 0 Å². The highest BCUT2D eigenvalue weighted by Crippen LogP contribution is 2.29. The molecule has 0 spiro atoms. The maximum absolute atomic E-state index is 8.98. The van der Waals surface area contributed by atoms with E-state index in [0.29, 0.717) is 23.5 Å². The van der Waals surface area contributed by atoms with E-state index in [0.717, 1.165) is 0 Å². The van der Waals surface area contributed by atoms with E-state index in [1.54, 1.807) is 12.4 Å². The number of aromatic nitrogens is 2. The molecule has 0 aliphatic heterocycles. The first-order valence-electron chi connectivity index (χ1n) is 6.32. The fraction of sp³-hybridized carbons (Fsp3) is 0.615. The van der Waals surface area contributed by atoms with Gasteiger partial charge in [-0.05, 0) is 18.8 Å². The van der Waals surface area contributed by atoms with E-state index in [9.17, 15) is 0 Å². The van der Waals surface area contributed by atoms with Crippen molar-refractivity contribution in [2.75, 3.05) is 5.32 Å². The number of hydrogen-bond donors (Lipinski definition) is 1. The number of hydrogen-bond acceptors (Lipinski definition) is 4. The first-order valence-corrected chi connectivity index (χ1v) is 6.32. The maximum atomic E-state index is 8.98. The standard InChI is InChI=1S/C13H18N4/c1-2-10-5-3-4-6-11(10)17-13-12(9-14)15-7-8-16-13/h7-8,10-11H,2-6H2,1H3,(H,16,17). The summed E-state index contributed by atoms with van der Waals surface area (Å²) in [5.74, 6) is 1.33. The largest absolute Gasteiger partial charge is 0.365 e. The summed E-state index contributed by atoms with van der Waals surface area (Å²) >= 11 is 0. The van der Waals surface area contributed by atoms with Crippen LogP contribution < -0.4 is 5.32 Å². The van der Waals surface area contributed by atoms with Gasteiger partial charge in [-0.25, -0.2) is 9.97 Å². The lowest BCUT2D eigenvalue weighted by Gasteiger charge is -2.31. The van der Waals surface area contributed by atoms with E-state index in [-0.39, 0.29) is 0 Å². The van der Waals surface area contributed by atoms with Gasteiger partial charge in [0.1, 0.15) is 6.07 Å². The molecule has 90 valence electrons. The Hall–Kier alpha value is -1.63. The highest BCUT2D eigenvalue weighted by molar-refractivity contribution is 5.47. The average molecular weight is 230 g/mol. The number of nitrogens with one attached hydrogen (secondary N) is 1. The Kier molecular flexibility index (Phi) is 3.92. The normalized spacial score (nSPS) is 24.0. The van der Waals surface area contributed by atoms with Crippen molar-refractivity contribution < 1.29 is 0 Å². The lowest BCUT2D eigenvalue weighted by molar-refractivity contribution is 0.316. The van der Waals surface area contributed by atoms with E-state index in [4.69, 9.17) is 5.26 Å². The molecule has 4 nitrogen and oxygen atoms in total. The van der Waals surface area contributed by atoms with E-state index < -0.39 is 0 Å². The van der Waals surface area contributed by atoms with Crippen LogP contribution in [-0.2, 0) is 0 Å². The van der Waals surface area contributed by atoms with Crippen LogP contribution in [0.15, 0.2) is 12.4 Å². The molecular weight excluding hydrogens is 212 g/mol. The molecule has 1 aromatic rings. The number of rotatable bonds is 3. The molecule has 4 heteroatoms. The molecule has 0 radical (unpaired) electrons. The summed E-state index contributed by atoms with van der Waals surface area (Å²) < 4.78 is 0. The quantitative estimate of drug-likeness (QED) is 0.867. The van der Waals surface area contributed by atoms with Crippen molar-refractivity contribution in [3.05, 3.63) is 18.1 Å². The Balaban J connectivity index is 2.11. The summed E-state index contributed by atoms with van der Waals surface area (Å²) in [6.45, 7) is 2.23. The van der Waals surface area contributed by atoms with Crippen LogP contribution in [0.25, 0.3) is 0 Å². The summed E-state index contributed by atoms with van der Waals surface area (Å²) in [6.07, 6.45) is 9.39. The SMILES string of the molecule is CCC1CCCCC1Nc1nccnc1C#N. The molecule has 0 bridgehead atoms. The zero-order valence-corrected chi connectivity index (χ0v) is 10.2. The minimum absolute atomic E-state index is 0.396. The van der Waals surface area contributed by atoms with Crippen LogP contribution in [0.3, 0.4) is 0 Å². The third kappa shape index (κ3) is 2.73. The molecule has 0 aromatic carbocycles. The first-order chi connectivity index (χ1) is 8.35. The molecule has 1 aromatic heterocycles. The van der Waals surface area contributed by atoms with Crippen LogP contribution in [0.5, 0.6) is 0 Å². The molecule has 1 fully saturated rings. The van der Waals surface area contributed by atoms with Gasteiger partial charge in [-0.2, -0.15) is 5.26 Å². The second-order valence-corrected chi connectivity index (χ2v) is 4.57. The van der Waals surface area contributed by atoms with Crippen LogP contribution in [0.1, 0.15) is 44.7 Å². The van der Waals surface area contributed by atoms with Gasteiger partial charge in [0.05, 0.1) is 0 Å². The minimum Gasteiger partial charge on any atom is -0.365 e. The predicted octanol–water partition coefficient (Wildman–Crippen LogP) is 2.73. The van der Waals surface area contributed by atoms with Gasteiger partial charge in [0.2, 0.25) is 0 Å². The van der Waals surface area contributed by atoms with Crippen molar-refractivity contribution in [2.24, 2.45) is 5.92 Å². The molecule has 0 amide bonds. The molecule has 2 rings (SSSR count). The third-order valence-electron chi connectivity index (χ3n) is 3.56. The lowest BCUT2D eigenvalue weighted by Crippen LogP contribution is -2.32. The van der Waals surface area contributed by atoms with Gasteiger partial charge in [-0.3, -0.25) is 0 Å². The van der Waals surface area contributed by atoms with Gasteiger partial charge in [0.25, 0.3) is 0 Å². The Labute approximate surface area is 102 Å². The smallest absolute Gasteiger partial charge is 0.182 e. The van der Waals surface area contributed by atoms with Crippen molar-refractivity contribution in [2.45, 2.75) is 45.1 Å². The summed E-state index contributed by atoms with van der Waals surface area (Å²) in [5.41, 5.74) is 0.396. The van der Waals surface area contributed by atoms with Crippen LogP contribution in [0, 0.1) is 17.2 Å². The monoisotopic (exact) mass is 230 g/mol. The van der Waals surface area contributed by atoms with Crippen molar-refractivity contribution in [3.63, 3.8) is 0 Å². The van der Waals surface area contributed by atoms with Crippen molar-refractivity contribution in [3.8, 4) is 6.07 Å². The fourth-order valence-corrected chi connectivity index (χ4v) is 2.59. The number of anilines is 1. The summed E-state index contributed by atoms with van der Waals surface area (Å²) in [7, 11) is 0. The zero-order valence-electron chi connectivity index (χ0n) is 10.2. The molecular formula is C13H18N4. The highest BCUT2D eigenvalue weighted by Gasteiger charge is 2.24. The van der Waals surface area contributed by atoms with Gasteiger partial charge >= 0.3 is 0 Å². The van der Waals surface area contributed by atoms with Crippen LogP contribution in [0.2, 0.25) is 0 Å². The van der Waals surface area contributed by atoms with Crippen LogP contribution >= 0.6 is 0 Å². The lowest BCUT2D eigenvalue weighted by atomic mass is 9.83. The molecule has 2 unspecified atom stereocenters. The van der Waals surface area contributed by atoms with Gasteiger partial charge in [0, 0.05) is 18.4 Å². The molecule has 17 heavy (non-hydrogen) atoms. The highest BCUT2D eigenvalue weighted by atomic mass is 15.0. The topological polar surface area (TPSA) is 61.6 Å². The van der Waals surface area contributed by atoms with Crippen molar-refractivity contribution in [1.82, 2.24) is 9.97 Å². The molecule has 1 aliphatic rings. The predicted molar refractivity (Wildman–Crippen MR) is 66.4 cm³/mol. The number of nitrogens with zero attached hydrogens (tertiary/aromatic N) is 3. The summed E-state index contributed by atoms with van der Waals surface area (Å²) in [4.78, 5) is 8.24. The Morgan fingerprint density at radius 2 is 2.12 bits per heavy atom. The molecule has 1 N–H and O–H groups in total. The maximum Gasteiger partial charge on any atom is 0.182 e. The van der Waals surface area contributed by atoms with Gasteiger partial charge in [-0.15, -0.1) is 0 Å². The molecule has 1 saturated carbocycles. The van der Waals surface area contributed by atoms with Crippen LogP contribution in [-0.4, -0.2) is 16.0 Å². The van der Waals surface area contributed by atoms with Gasteiger partial charge < -0.3 is 5.32 Å². The second kappa shape index (κ2) is 5.62. The Bertz CT molecular complexity index is 410. The second-order valence-electron chi connectivity index (χ2n) is 4.57. The Morgan fingerprint density at radius 3 is 2.88 bits per heavy atom. The molecule has 1 heterocycles. The zero-order chi connectivity index (χ0) is 12.1. The van der Waals surface area contributed by atoms with E-state index in [2.05, 4.69) is 28.3 Å². The van der Waals surface area contributed by atoms with Gasteiger partial charge in [0.15, 0.2) is 11.5 Å². The van der Waals surface area contributed by atoms with Crippen molar-refractivity contribution in [1.29, 1.82) is 5.26 Å². The Morgan fingerprint density at radius 1 is 1.35 bits per heavy atom. The van der Waals surface area contributed by atoms with Crippen LogP contribution in [0.4, 0.5) is 5.82 Å².